The van der Waals surface area contributed by atoms with Gasteiger partial charge in [0, 0.05) is 0 Å². The molecule has 0 spiro atoms. The van der Waals surface area contributed by atoms with Crippen LogP contribution in [0.1, 0.15) is 46.0 Å². The highest BCUT2D eigenvalue weighted by Gasteiger charge is 2.52. The highest BCUT2D eigenvalue weighted by molar-refractivity contribution is 5.22. The summed E-state index contributed by atoms with van der Waals surface area (Å²) in [6, 6.07) is 0. The van der Waals surface area contributed by atoms with Gasteiger partial charge in [-0.2, -0.15) is 0 Å². The van der Waals surface area contributed by atoms with Crippen molar-refractivity contribution in [2.45, 2.75) is 51.6 Å². The average molecular weight is 236 g/mol. The lowest BCUT2D eigenvalue weighted by molar-refractivity contribution is -0.321. The zero-order chi connectivity index (χ0) is 12.6. The number of fused-ring (bicyclic) bond motifs is 1. The third kappa shape index (κ3) is 1.98. The van der Waals surface area contributed by atoms with E-state index in [4.69, 9.17) is 4.89 Å². The van der Waals surface area contributed by atoms with Crippen LogP contribution in [0.25, 0.3) is 0 Å². The Labute approximate surface area is 104 Å². The van der Waals surface area contributed by atoms with Gasteiger partial charge in [-0.15, -0.1) is 0 Å². The first-order valence-corrected chi connectivity index (χ1v) is 6.67. The van der Waals surface area contributed by atoms with E-state index in [2.05, 4.69) is 27.0 Å². The van der Waals surface area contributed by atoms with E-state index < -0.39 is 5.60 Å². The van der Waals surface area contributed by atoms with Crippen molar-refractivity contribution in [3.63, 3.8) is 0 Å². The van der Waals surface area contributed by atoms with Crippen molar-refractivity contribution in [2.75, 3.05) is 0 Å². The molecule has 2 heteroatoms. The molecule has 2 fully saturated rings. The Kier molecular flexibility index (Phi) is 3.46. The second kappa shape index (κ2) is 4.58. The van der Waals surface area contributed by atoms with E-state index in [1.165, 1.54) is 5.57 Å². The Morgan fingerprint density at radius 2 is 2.18 bits per heavy atom. The van der Waals surface area contributed by atoms with Crippen LogP contribution in [0.2, 0.25) is 0 Å². The topological polar surface area (TPSA) is 29.5 Å². The normalized spacial score (nSPS) is 42.1. The van der Waals surface area contributed by atoms with Gasteiger partial charge in [-0.25, -0.2) is 4.89 Å². The average Bonchev–Trinajstić information content (AvgIpc) is 2.53. The number of hydrogen-bond donors (Lipinski definition) is 1. The molecule has 0 radical (unpaired) electrons. The van der Waals surface area contributed by atoms with Crippen molar-refractivity contribution in [2.24, 2.45) is 17.8 Å². The Balaban J connectivity index is 2.31. The van der Waals surface area contributed by atoms with E-state index in [0.717, 1.165) is 37.7 Å². The minimum Gasteiger partial charge on any atom is -0.251 e. The lowest BCUT2D eigenvalue weighted by Crippen LogP contribution is -2.38. The molecule has 0 aromatic rings. The van der Waals surface area contributed by atoms with Crippen molar-refractivity contribution >= 4 is 0 Å². The van der Waals surface area contributed by atoms with Gasteiger partial charge in [-0.05, 0) is 62.4 Å². The number of hydrogen-bond acceptors (Lipinski definition) is 2. The standard InChI is InChI=1S/C15H24O2/c1-10(2)13-6-5-12(4)15(17-16)8-7-11(3)14(15)9-13/h11,13-14,16H,1,4-9H2,2-3H3/t11-,13+,14-,15+/m0/s1. The van der Waals surface area contributed by atoms with E-state index in [0.29, 0.717) is 17.8 Å². The molecule has 0 aliphatic heterocycles. The van der Waals surface area contributed by atoms with Crippen LogP contribution in [0.5, 0.6) is 0 Å². The fourth-order valence-electron chi connectivity index (χ4n) is 3.76. The molecule has 0 aromatic carbocycles. The van der Waals surface area contributed by atoms with Crippen molar-refractivity contribution in [3.8, 4) is 0 Å². The van der Waals surface area contributed by atoms with Crippen LogP contribution in [0, 0.1) is 17.8 Å². The van der Waals surface area contributed by atoms with Gasteiger partial charge in [-0.1, -0.05) is 25.7 Å². The highest BCUT2D eigenvalue weighted by atomic mass is 17.1. The van der Waals surface area contributed by atoms with E-state index in [1.54, 1.807) is 0 Å². The van der Waals surface area contributed by atoms with Gasteiger partial charge in [0.05, 0.1) is 0 Å². The van der Waals surface area contributed by atoms with Gasteiger partial charge in [0.25, 0.3) is 0 Å². The van der Waals surface area contributed by atoms with Crippen molar-refractivity contribution in [1.29, 1.82) is 0 Å². The van der Waals surface area contributed by atoms with Gasteiger partial charge in [0.1, 0.15) is 5.60 Å². The first-order chi connectivity index (χ1) is 8.01. The fourth-order valence-corrected chi connectivity index (χ4v) is 3.76. The van der Waals surface area contributed by atoms with E-state index in [1.807, 2.05) is 0 Å². The molecular formula is C15H24O2. The largest absolute Gasteiger partial charge is 0.251 e. The van der Waals surface area contributed by atoms with Crippen molar-refractivity contribution in [1.82, 2.24) is 0 Å². The molecule has 96 valence electrons. The summed E-state index contributed by atoms with van der Waals surface area (Å²) in [5.74, 6) is 1.54. The Bertz CT molecular complexity index is 334. The SMILES string of the molecule is C=C(C)[C@@H]1CCC(=C)[C@]2(OO)CC[C@H](C)[C@@H]2C1. The first-order valence-electron chi connectivity index (χ1n) is 6.67. The summed E-state index contributed by atoms with van der Waals surface area (Å²) in [4.78, 5) is 4.96. The minimum absolute atomic E-state index is 0.393. The molecule has 17 heavy (non-hydrogen) atoms. The Hall–Kier alpha value is -0.600. The monoisotopic (exact) mass is 236 g/mol. The Morgan fingerprint density at radius 1 is 1.47 bits per heavy atom. The molecule has 2 saturated carbocycles. The zero-order valence-corrected chi connectivity index (χ0v) is 11.0. The second-order valence-corrected chi connectivity index (χ2v) is 6.02. The lowest BCUT2D eigenvalue weighted by atomic mass is 9.78. The summed E-state index contributed by atoms with van der Waals surface area (Å²) in [5, 5.41) is 9.41. The molecule has 2 aliphatic carbocycles. The molecule has 2 aliphatic rings. The molecular weight excluding hydrogens is 212 g/mol. The van der Waals surface area contributed by atoms with Crippen molar-refractivity contribution < 1.29 is 10.1 Å². The molecule has 2 rings (SSSR count). The van der Waals surface area contributed by atoms with E-state index in [9.17, 15) is 5.26 Å². The van der Waals surface area contributed by atoms with Crippen LogP contribution >= 0.6 is 0 Å². The van der Waals surface area contributed by atoms with Crippen molar-refractivity contribution in [3.05, 3.63) is 24.3 Å². The smallest absolute Gasteiger partial charge is 0.127 e. The quantitative estimate of drug-likeness (QED) is 0.442. The summed E-state index contributed by atoms with van der Waals surface area (Å²) in [6.07, 6.45) is 5.16. The van der Waals surface area contributed by atoms with Crippen LogP contribution in [0.3, 0.4) is 0 Å². The molecule has 2 nitrogen and oxygen atoms in total. The highest BCUT2D eigenvalue weighted by Crippen LogP contribution is 2.53. The van der Waals surface area contributed by atoms with Crippen LogP contribution in [0.4, 0.5) is 0 Å². The number of rotatable bonds is 2. The second-order valence-electron chi connectivity index (χ2n) is 6.02. The summed E-state index contributed by atoms with van der Waals surface area (Å²) in [5.41, 5.74) is 1.87. The number of allylic oxidation sites excluding steroid dienone is 1. The van der Waals surface area contributed by atoms with Gasteiger partial charge in [-0.3, -0.25) is 5.26 Å². The molecule has 4 atom stereocenters. The molecule has 0 saturated heterocycles. The fraction of sp³-hybridized carbons (Fsp3) is 0.733. The zero-order valence-electron chi connectivity index (χ0n) is 11.0. The summed E-state index contributed by atoms with van der Waals surface area (Å²) < 4.78 is 0. The lowest BCUT2D eigenvalue weighted by Gasteiger charge is -2.34. The molecule has 0 amide bonds. The molecule has 0 unspecified atom stereocenters. The van der Waals surface area contributed by atoms with Gasteiger partial charge < -0.3 is 0 Å². The van der Waals surface area contributed by atoms with Gasteiger partial charge >= 0.3 is 0 Å². The van der Waals surface area contributed by atoms with E-state index >= 15 is 0 Å². The van der Waals surface area contributed by atoms with Crippen LogP contribution < -0.4 is 0 Å². The third-order valence-corrected chi connectivity index (χ3v) is 5.05. The van der Waals surface area contributed by atoms with Crippen LogP contribution in [0.15, 0.2) is 24.3 Å². The Morgan fingerprint density at radius 3 is 2.76 bits per heavy atom. The van der Waals surface area contributed by atoms with E-state index in [-0.39, 0.29) is 0 Å². The maximum atomic E-state index is 9.41. The maximum Gasteiger partial charge on any atom is 0.127 e. The van der Waals surface area contributed by atoms with Gasteiger partial charge in [0.15, 0.2) is 0 Å². The molecule has 0 bridgehead atoms. The van der Waals surface area contributed by atoms with Crippen LogP contribution in [-0.2, 0) is 4.89 Å². The third-order valence-electron chi connectivity index (χ3n) is 5.05. The molecule has 0 heterocycles. The van der Waals surface area contributed by atoms with Crippen LogP contribution in [-0.4, -0.2) is 10.9 Å². The predicted molar refractivity (Wildman–Crippen MR) is 69.6 cm³/mol. The molecule has 0 aromatic heterocycles. The maximum absolute atomic E-state index is 9.41. The summed E-state index contributed by atoms with van der Waals surface area (Å²) in [7, 11) is 0. The minimum atomic E-state index is -0.469. The first kappa shape index (κ1) is 12.8. The summed E-state index contributed by atoms with van der Waals surface area (Å²) in [6.45, 7) is 12.6. The van der Waals surface area contributed by atoms with Gasteiger partial charge in [0.2, 0.25) is 0 Å². The predicted octanol–water partition coefficient (Wildman–Crippen LogP) is 4.19. The summed E-state index contributed by atoms with van der Waals surface area (Å²) >= 11 is 0. The molecule has 1 N–H and O–H groups in total.